The predicted molar refractivity (Wildman–Crippen MR) is 136 cm³/mol. The lowest BCUT2D eigenvalue weighted by molar-refractivity contribution is -0.131. The molecule has 1 aliphatic carbocycles. The van der Waals surface area contributed by atoms with Gasteiger partial charge in [0.25, 0.3) is 0 Å². The van der Waals surface area contributed by atoms with Gasteiger partial charge in [0.1, 0.15) is 0 Å². The van der Waals surface area contributed by atoms with Crippen molar-refractivity contribution in [2.45, 2.75) is 37.1 Å². The Labute approximate surface area is 205 Å². The van der Waals surface area contributed by atoms with E-state index in [-0.39, 0.29) is 40.8 Å². The number of amides is 2. The standard InChI is InChI=1S/C28H28N2O4S/c1-2-35(33,34)24-16-8-19(9-17-24)18-25(31)29-22-14-12-21(13-15-22)27-26(20-10-11-20)28(32)30(27)23-6-4-3-5-7-23/h3-9,12-17,20,26-27H,2,10-11,18H2,1H3,(H,29,31)/t26-,27-/m1/s1. The van der Waals surface area contributed by atoms with Gasteiger partial charge in [0, 0.05) is 11.4 Å². The van der Waals surface area contributed by atoms with Gasteiger partial charge in [-0.05, 0) is 66.3 Å². The number of benzene rings is 3. The summed E-state index contributed by atoms with van der Waals surface area (Å²) in [5.74, 6) is 0.548. The first-order chi connectivity index (χ1) is 16.9. The average Bonchev–Trinajstić information content (AvgIpc) is 3.69. The van der Waals surface area contributed by atoms with E-state index in [1.807, 2.05) is 59.5 Å². The molecular weight excluding hydrogens is 460 g/mol. The average molecular weight is 489 g/mol. The third-order valence-corrected chi connectivity index (χ3v) is 8.62. The topological polar surface area (TPSA) is 83.5 Å². The van der Waals surface area contributed by atoms with Crippen LogP contribution in [0.2, 0.25) is 0 Å². The third-order valence-electron chi connectivity index (χ3n) is 6.87. The third kappa shape index (κ3) is 4.73. The monoisotopic (exact) mass is 488 g/mol. The minimum Gasteiger partial charge on any atom is -0.326 e. The van der Waals surface area contributed by atoms with Gasteiger partial charge < -0.3 is 10.2 Å². The molecule has 2 atom stereocenters. The molecule has 5 rings (SSSR count). The van der Waals surface area contributed by atoms with Crippen LogP contribution in [0, 0.1) is 11.8 Å². The Morgan fingerprint density at radius 2 is 1.60 bits per heavy atom. The highest BCUT2D eigenvalue weighted by atomic mass is 32.2. The van der Waals surface area contributed by atoms with Gasteiger partial charge in [-0.25, -0.2) is 8.42 Å². The van der Waals surface area contributed by atoms with Gasteiger partial charge in [-0.15, -0.1) is 0 Å². The molecule has 0 spiro atoms. The fraction of sp³-hybridized carbons (Fsp3) is 0.286. The smallest absolute Gasteiger partial charge is 0.233 e. The van der Waals surface area contributed by atoms with Gasteiger partial charge in [-0.2, -0.15) is 0 Å². The first kappa shape index (κ1) is 23.3. The number of rotatable bonds is 8. The number of sulfone groups is 1. The van der Waals surface area contributed by atoms with Crippen molar-refractivity contribution >= 4 is 33.0 Å². The van der Waals surface area contributed by atoms with E-state index in [2.05, 4.69) is 5.32 Å². The highest BCUT2D eigenvalue weighted by Crippen LogP contribution is 2.53. The van der Waals surface area contributed by atoms with Gasteiger partial charge in [0.2, 0.25) is 11.8 Å². The van der Waals surface area contributed by atoms with E-state index < -0.39 is 9.84 Å². The lowest BCUT2D eigenvalue weighted by Crippen LogP contribution is -2.56. The first-order valence-corrected chi connectivity index (χ1v) is 13.6. The molecule has 0 radical (unpaired) electrons. The maximum Gasteiger partial charge on any atom is 0.233 e. The second-order valence-electron chi connectivity index (χ2n) is 9.25. The van der Waals surface area contributed by atoms with Crippen LogP contribution in [0.3, 0.4) is 0 Å². The Balaban J connectivity index is 1.26. The minimum absolute atomic E-state index is 0.0139. The molecule has 7 heteroatoms. The second-order valence-corrected chi connectivity index (χ2v) is 11.5. The van der Waals surface area contributed by atoms with Crippen LogP contribution in [-0.4, -0.2) is 26.0 Å². The molecule has 1 saturated carbocycles. The lowest BCUT2D eigenvalue weighted by atomic mass is 9.78. The maximum atomic E-state index is 12.9. The van der Waals surface area contributed by atoms with Gasteiger partial charge >= 0.3 is 0 Å². The largest absolute Gasteiger partial charge is 0.326 e. The van der Waals surface area contributed by atoms with Crippen molar-refractivity contribution in [3.8, 4) is 0 Å². The molecule has 1 N–H and O–H groups in total. The molecule has 180 valence electrons. The fourth-order valence-electron chi connectivity index (χ4n) is 4.79. The van der Waals surface area contributed by atoms with E-state index in [1.54, 1.807) is 31.2 Å². The van der Waals surface area contributed by atoms with Crippen molar-refractivity contribution in [2.75, 3.05) is 16.0 Å². The quantitative estimate of drug-likeness (QED) is 0.463. The molecule has 6 nitrogen and oxygen atoms in total. The highest BCUT2D eigenvalue weighted by molar-refractivity contribution is 7.91. The molecule has 1 saturated heterocycles. The van der Waals surface area contributed by atoms with Crippen molar-refractivity contribution < 1.29 is 18.0 Å². The van der Waals surface area contributed by atoms with Gasteiger partial charge in [-0.3, -0.25) is 9.59 Å². The molecule has 1 heterocycles. The van der Waals surface area contributed by atoms with Crippen molar-refractivity contribution in [1.82, 2.24) is 0 Å². The number of para-hydroxylation sites is 1. The van der Waals surface area contributed by atoms with Crippen molar-refractivity contribution in [3.63, 3.8) is 0 Å². The number of carbonyl (C=O) groups excluding carboxylic acids is 2. The molecule has 3 aromatic rings. The summed E-state index contributed by atoms with van der Waals surface area (Å²) in [5.41, 5.74) is 3.40. The first-order valence-electron chi connectivity index (χ1n) is 12.0. The highest BCUT2D eigenvalue weighted by Gasteiger charge is 2.55. The molecule has 3 aromatic carbocycles. The summed E-state index contributed by atoms with van der Waals surface area (Å²) in [6, 6.07) is 23.9. The van der Waals surface area contributed by atoms with Crippen molar-refractivity contribution in [1.29, 1.82) is 0 Å². The number of hydrogen-bond donors (Lipinski definition) is 1. The SMILES string of the molecule is CCS(=O)(=O)c1ccc(CC(=O)Nc2ccc([C@@H]3[C@@H](C4CC4)C(=O)N3c3ccccc3)cc2)cc1. The Kier molecular flexibility index (Phi) is 6.19. The zero-order chi connectivity index (χ0) is 24.6. The van der Waals surface area contributed by atoms with Crippen LogP contribution in [0.1, 0.15) is 36.9 Å². The summed E-state index contributed by atoms with van der Waals surface area (Å²) in [7, 11) is -3.26. The summed E-state index contributed by atoms with van der Waals surface area (Å²) >= 11 is 0. The van der Waals surface area contributed by atoms with Crippen LogP contribution in [0.4, 0.5) is 11.4 Å². The van der Waals surface area contributed by atoms with Gasteiger partial charge in [-0.1, -0.05) is 49.4 Å². The minimum atomic E-state index is -3.26. The van der Waals surface area contributed by atoms with Gasteiger partial charge in [0.15, 0.2) is 9.84 Å². The van der Waals surface area contributed by atoms with Crippen LogP contribution in [0.15, 0.2) is 83.8 Å². The summed E-state index contributed by atoms with van der Waals surface area (Å²) in [5, 5.41) is 2.91. The molecule has 0 aromatic heterocycles. The van der Waals surface area contributed by atoms with E-state index in [0.717, 1.165) is 29.7 Å². The number of nitrogens with zero attached hydrogens (tertiary/aromatic N) is 1. The van der Waals surface area contributed by atoms with Crippen molar-refractivity contribution in [2.24, 2.45) is 11.8 Å². The van der Waals surface area contributed by atoms with E-state index in [9.17, 15) is 18.0 Å². The summed E-state index contributed by atoms with van der Waals surface area (Å²) in [6.07, 6.45) is 2.36. The summed E-state index contributed by atoms with van der Waals surface area (Å²) < 4.78 is 23.9. The molecule has 0 bridgehead atoms. The molecule has 2 aliphatic rings. The molecule has 2 fully saturated rings. The summed E-state index contributed by atoms with van der Waals surface area (Å²) in [4.78, 5) is 27.7. The molecule has 0 unspecified atom stereocenters. The Morgan fingerprint density at radius 1 is 0.943 bits per heavy atom. The Bertz CT molecular complexity index is 1330. The molecule has 35 heavy (non-hydrogen) atoms. The number of β-lactam (4-membered cyclic amide) rings is 1. The van der Waals surface area contributed by atoms with E-state index in [1.165, 1.54) is 0 Å². The molecular formula is C28H28N2O4S. The molecule has 1 aliphatic heterocycles. The molecule has 2 amide bonds. The second kappa shape index (κ2) is 9.30. The number of carbonyl (C=O) groups is 2. The van der Waals surface area contributed by atoms with E-state index >= 15 is 0 Å². The van der Waals surface area contributed by atoms with Gasteiger partial charge in [0.05, 0.1) is 29.0 Å². The van der Waals surface area contributed by atoms with Crippen LogP contribution in [-0.2, 0) is 25.8 Å². The number of hydrogen-bond acceptors (Lipinski definition) is 4. The Hall–Kier alpha value is -3.45. The normalized spacial score (nSPS) is 19.8. The van der Waals surface area contributed by atoms with E-state index in [0.29, 0.717) is 11.6 Å². The fourth-order valence-corrected chi connectivity index (χ4v) is 5.68. The van der Waals surface area contributed by atoms with Crippen LogP contribution in [0.5, 0.6) is 0 Å². The van der Waals surface area contributed by atoms with Crippen LogP contribution >= 0.6 is 0 Å². The summed E-state index contributed by atoms with van der Waals surface area (Å²) in [6.45, 7) is 1.61. The lowest BCUT2D eigenvalue weighted by Gasteiger charge is -2.48. The van der Waals surface area contributed by atoms with Crippen LogP contribution < -0.4 is 10.2 Å². The van der Waals surface area contributed by atoms with Crippen LogP contribution in [0.25, 0.3) is 0 Å². The van der Waals surface area contributed by atoms with E-state index in [4.69, 9.17) is 0 Å². The number of nitrogens with one attached hydrogen (secondary N) is 1. The maximum absolute atomic E-state index is 12.9. The predicted octanol–water partition coefficient (Wildman–Crippen LogP) is 4.78. The Morgan fingerprint density at radius 3 is 2.20 bits per heavy atom. The van der Waals surface area contributed by atoms with Crippen molar-refractivity contribution in [3.05, 3.63) is 90.0 Å². The number of anilines is 2. The zero-order valence-corrected chi connectivity index (χ0v) is 20.4. The zero-order valence-electron chi connectivity index (χ0n) is 19.6.